The SMILES string of the molecule is CCOC(=O)C1CCCN(C(=NC)NCCc2ccccc2OC)C1.I. The van der Waals surface area contributed by atoms with Gasteiger partial charge in [0.25, 0.3) is 0 Å². The number of ether oxygens (including phenoxy) is 2. The maximum atomic E-state index is 12.0. The Bertz CT molecular complexity index is 595. The van der Waals surface area contributed by atoms with Crippen molar-refractivity contribution in [2.24, 2.45) is 10.9 Å². The molecule has 1 N–H and O–H groups in total. The molecule has 1 heterocycles. The summed E-state index contributed by atoms with van der Waals surface area (Å²) in [6, 6.07) is 8.03. The number of hydrogen-bond donors (Lipinski definition) is 1. The molecule has 1 aromatic carbocycles. The summed E-state index contributed by atoms with van der Waals surface area (Å²) in [5, 5.41) is 3.40. The van der Waals surface area contributed by atoms with Gasteiger partial charge in [-0.15, -0.1) is 24.0 Å². The Morgan fingerprint density at radius 1 is 1.38 bits per heavy atom. The van der Waals surface area contributed by atoms with E-state index in [0.29, 0.717) is 13.2 Å². The summed E-state index contributed by atoms with van der Waals surface area (Å²) in [7, 11) is 3.47. The lowest BCUT2D eigenvalue weighted by atomic mass is 9.98. The number of piperidine rings is 1. The largest absolute Gasteiger partial charge is 0.496 e. The van der Waals surface area contributed by atoms with Crippen LogP contribution in [0.2, 0.25) is 0 Å². The smallest absolute Gasteiger partial charge is 0.310 e. The molecule has 0 bridgehead atoms. The molecule has 0 aromatic heterocycles. The van der Waals surface area contributed by atoms with E-state index in [2.05, 4.69) is 21.3 Å². The van der Waals surface area contributed by atoms with Crippen molar-refractivity contribution in [1.82, 2.24) is 10.2 Å². The van der Waals surface area contributed by atoms with Crippen molar-refractivity contribution in [3.63, 3.8) is 0 Å². The summed E-state index contributed by atoms with van der Waals surface area (Å²) in [4.78, 5) is 18.5. The highest BCUT2D eigenvalue weighted by Crippen LogP contribution is 2.19. The first-order valence-electron chi connectivity index (χ1n) is 8.93. The lowest BCUT2D eigenvalue weighted by Gasteiger charge is -2.34. The van der Waals surface area contributed by atoms with E-state index < -0.39 is 0 Å². The Hall–Kier alpha value is -1.51. The molecule has 0 aliphatic carbocycles. The molecule has 1 aliphatic rings. The number of nitrogens with one attached hydrogen (secondary N) is 1. The van der Waals surface area contributed by atoms with Crippen molar-refractivity contribution in [2.75, 3.05) is 40.4 Å². The van der Waals surface area contributed by atoms with Gasteiger partial charge >= 0.3 is 5.97 Å². The summed E-state index contributed by atoms with van der Waals surface area (Å²) in [5.74, 6) is 1.57. The van der Waals surface area contributed by atoms with E-state index in [9.17, 15) is 4.79 Å². The quantitative estimate of drug-likeness (QED) is 0.297. The predicted molar refractivity (Wildman–Crippen MR) is 114 cm³/mol. The highest BCUT2D eigenvalue weighted by atomic mass is 127. The average molecular weight is 475 g/mol. The molecule has 146 valence electrons. The van der Waals surface area contributed by atoms with Crippen molar-refractivity contribution in [3.05, 3.63) is 29.8 Å². The second-order valence-corrected chi connectivity index (χ2v) is 6.07. The number of rotatable bonds is 6. The van der Waals surface area contributed by atoms with Crippen LogP contribution in [0.1, 0.15) is 25.3 Å². The number of likely N-dealkylation sites (tertiary alicyclic amines) is 1. The van der Waals surface area contributed by atoms with E-state index in [1.807, 2.05) is 25.1 Å². The van der Waals surface area contributed by atoms with Crippen LogP contribution in [0.4, 0.5) is 0 Å². The van der Waals surface area contributed by atoms with Crippen molar-refractivity contribution in [2.45, 2.75) is 26.2 Å². The molecule has 26 heavy (non-hydrogen) atoms. The molecule has 0 radical (unpaired) electrons. The summed E-state index contributed by atoms with van der Waals surface area (Å²) < 4.78 is 10.6. The molecule has 1 aliphatic heterocycles. The molecule has 1 unspecified atom stereocenters. The summed E-state index contributed by atoms with van der Waals surface area (Å²) in [5.41, 5.74) is 1.16. The maximum Gasteiger partial charge on any atom is 0.310 e. The fourth-order valence-corrected chi connectivity index (χ4v) is 3.17. The molecule has 6 nitrogen and oxygen atoms in total. The molecule has 0 spiro atoms. The second kappa shape index (κ2) is 12.0. The second-order valence-electron chi connectivity index (χ2n) is 6.07. The predicted octanol–water partition coefficient (Wildman–Crippen LogP) is 2.71. The van der Waals surface area contributed by atoms with Gasteiger partial charge in [0.1, 0.15) is 5.75 Å². The Balaban J connectivity index is 0.00000338. The number of carbonyl (C=O) groups excluding carboxylic acids is 1. The van der Waals surface area contributed by atoms with Crippen molar-refractivity contribution < 1.29 is 14.3 Å². The lowest BCUT2D eigenvalue weighted by molar-refractivity contribution is -0.149. The molecular weight excluding hydrogens is 445 g/mol. The first-order valence-corrected chi connectivity index (χ1v) is 8.93. The van der Waals surface area contributed by atoms with E-state index in [-0.39, 0.29) is 35.9 Å². The molecule has 1 saturated heterocycles. The van der Waals surface area contributed by atoms with Crippen LogP contribution in [0.25, 0.3) is 0 Å². The summed E-state index contributed by atoms with van der Waals surface area (Å²) in [6.07, 6.45) is 2.70. The van der Waals surface area contributed by atoms with Crippen LogP contribution in [-0.4, -0.2) is 57.2 Å². The van der Waals surface area contributed by atoms with Gasteiger partial charge in [-0.3, -0.25) is 9.79 Å². The van der Waals surface area contributed by atoms with Crippen molar-refractivity contribution in [1.29, 1.82) is 0 Å². The monoisotopic (exact) mass is 475 g/mol. The minimum atomic E-state index is -0.100. The number of nitrogens with zero attached hydrogens (tertiary/aromatic N) is 2. The first-order chi connectivity index (χ1) is 12.2. The van der Waals surface area contributed by atoms with Gasteiger partial charge in [0, 0.05) is 26.7 Å². The molecule has 2 rings (SSSR count). The number of esters is 1. The third-order valence-corrected chi connectivity index (χ3v) is 4.42. The van der Waals surface area contributed by atoms with Crippen LogP contribution in [0.15, 0.2) is 29.3 Å². The standard InChI is InChI=1S/C19H29N3O3.HI/c1-4-25-18(23)16-9-7-13-22(14-16)19(20-2)21-12-11-15-8-5-6-10-17(15)24-3;/h5-6,8,10,16H,4,7,9,11-14H2,1-3H3,(H,20,21);1H. The van der Waals surface area contributed by atoms with Crippen molar-refractivity contribution in [3.8, 4) is 5.75 Å². The van der Waals surface area contributed by atoms with Gasteiger partial charge in [0.05, 0.1) is 19.6 Å². The lowest BCUT2D eigenvalue weighted by Crippen LogP contribution is -2.48. The zero-order valence-corrected chi connectivity index (χ0v) is 18.2. The fraction of sp³-hybridized carbons (Fsp3) is 0.579. The topological polar surface area (TPSA) is 63.2 Å². The highest BCUT2D eigenvalue weighted by Gasteiger charge is 2.28. The highest BCUT2D eigenvalue weighted by molar-refractivity contribution is 14.0. The van der Waals surface area contributed by atoms with Gasteiger partial charge in [-0.2, -0.15) is 0 Å². The number of halogens is 1. The third kappa shape index (κ3) is 6.34. The number of hydrogen-bond acceptors (Lipinski definition) is 4. The summed E-state index contributed by atoms with van der Waals surface area (Å²) in [6.45, 7) is 4.60. The maximum absolute atomic E-state index is 12.0. The normalized spacial score (nSPS) is 17.3. The van der Waals surface area contributed by atoms with E-state index in [4.69, 9.17) is 9.47 Å². The molecule has 1 aromatic rings. The van der Waals surface area contributed by atoms with Crippen LogP contribution in [0.5, 0.6) is 5.75 Å². The average Bonchev–Trinajstić information content (AvgIpc) is 2.66. The Kier molecular flexibility index (Phi) is 10.4. The van der Waals surface area contributed by atoms with Gasteiger partial charge in [0.15, 0.2) is 5.96 Å². The van der Waals surface area contributed by atoms with E-state index in [1.54, 1.807) is 14.2 Å². The molecule has 0 amide bonds. The van der Waals surface area contributed by atoms with Crippen molar-refractivity contribution >= 4 is 35.9 Å². The summed E-state index contributed by atoms with van der Waals surface area (Å²) >= 11 is 0. The molecule has 7 heteroatoms. The van der Waals surface area contributed by atoms with E-state index in [0.717, 1.165) is 49.6 Å². The number of methoxy groups -OCH3 is 1. The van der Waals surface area contributed by atoms with Gasteiger partial charge in [-0.1, -0.05) is 18.2 Å². The fourth-order valence-electron chi connectivity index (χ4n) is 3.17. The molecular formula is C19H30IN3O3. The molecule has 1 atom stereocenters. The number of guanidine groups is 1. The van der Waals surface area contributed by atoms with Crippen LogP contribution in [-0.2, 0) is 16.0 Å². The Labute approximate surface area is 173 Å². The van der Waals surface area contributed by atoms with E-state index >= 15 is 0 Å². The van der Waals surface area contributed by atoms with Gasteiger partial charge in [-0.25, -0.2) is 0 Å². The number of aliphatic imine (C=N–C) groups is 1. The number of carbonyl (C=O) groups is 1. The number of benzene rings is 1. The van der Waals surface area contributed by atoms with Crippen LogP contribution < -0.4 is 10.1 Å². The zero-order chi connectivity index (χ0) is 18.1. The Morgan fingerprint density at radius 2 is 2.15 bits per heavy atom. The zero-order valence-electron chi connectivity index (χ0n) is 15.9. The van der Waals surface area contributed by atoms with Gasteiger partial charge < -0.3 is 19.7 Å². The minimum Gasteiger partial charge on any atom is -0.496 e. The van der Waals surface area contributed by atoms with E-state index in [1.165, 1.54) is 0 Å². The molecule has 0 saturated carbocycles. The number of para-hydroxylation sites is 1. The van der Waals surface area contributed by atoms with Crippen LogP contribution >= 0.6 is 24.0 Å². The van der Waals surface area contributed by atoms with Crippen LogP contribution in [0.3, 0.4) is 0 Å². The first kappa shape index (κ1) is 22.5. The van der Waals surface area contributed by atoms with Crippen LogP contribution in [0, 0.1) is 5.92 Å². The van der Waals surface area contributed by atoms with Gasteiger partial charge in [-0.05, 0) is 37.8 Å². The molecule has 1 fully saturated rings. The van der Waals surface area contributed by atoms with Gasteiger partial charge in [0.2, 0.25) is 0 Å². The third-order valence-electron chi connectivity index (χ3n) is 4.42. The Morgan fingerprint density at radius 3 is 2.85 bits per heavy atom. The minimum absolute atomic E-state index is 0.